The van der Waals surface area contributed by atoms with Crippen molar-refractivity contribution < 1.29 is 42.1 Å². The molecule has 0 amide bonds. The number of quaternary nitrogens is 1. The molecule has 0 rings (SSSR count). The predicted molar refractivity (Wildman–Crippen MR) is 231 cm³/mol. The van der Waals surface area contributed by atoms with E-state index < -0.39 is 32.5 Å². The first-order valence-corrected chi connectivity index (χ1v) is 23.1. The Bertz CT molecular complexity index is 1180. The fourth-order valence-electron chi connectivity index (χ4n) is 5.28. The van der Waals surface area contributed by atoms with Crippen LogP contribution in [0.4, 0.5) is 0 Å². The molecule has 0 fully saturated rings. The highest BCUT2D eigenvalue weighted by atomic mass is 31.2. The van der Waals surface area contributed by atoms with Gasteiger partial charge in [0.2, 0.25) is 0 Å². The number of esters is 2. The van der Waals surface area contributed by atoms with Gasteiger partial charge in [-0.3, -0.25) is 14.2 Å². The Morgan fingerprint density at radius 2 is 1.04 bits per heavy atom. The van der Waals surface area contributed by atoms with Gasteiger partial charge < -0.3 is 27.9 Å². The van der Waals surface area contributed by atoms with E-state index in [4.69, 9.17) is 18.5 Å². The fraction of sp³-hybridized carbons (Fsp3) is 0.696. The number of likely N-dealkylation sites (N-methyl/N-ethyl adjacent to an activating group) is 1. The molecule has 0 aliphatic heterocycles. The number of allylic oxidation sites excluding steroid dienone is 12. The van der Waals surface area contributed by atoms with Crippen molar-refractivity contribution in [3.63, 3.8) is 0 Å². The van der Waals surface area contributed by atoms with Crippen LogP contribution in [0.5, 0.6) is 0 Å². The largest absolute Gasteiger partial charge is 0.756 e. The quantitative estimate of drug-likeness (QED) is 0.0151. The van der Waals surface area contributed by atoms with E-state index in [9.17, 15) is 19.0 Å². The maximum Gasteiger partial charge on any atom is 0.306 e. The van der Waals surface area contributed by atoms with E-state index in [0.717, 1.165) is 57.8 Å². The second-order valence-corrected chi connectivity index (χ2v) is 16.8. The Kier molecular flexibility index (Phi) is 36.3. The Morgan fingerprint density at radius 1 is 0.571 bits per heavy atom. The van der Waals surface area contributed by atoms with E-state index in [0.29, 0.717) is 30.3 Å². The highest BCUT2D eigenvalue weighted by Crippen LogP contribution is 2.38. The highest BCUT2D eigenvalue weighted by molar-refractivity contribution is 7.45. The summed E-state index contributed by atoms with van der Waals surface area (Å²) in [5.41, 5.74) is 0. The average Bonchev–Trinajstić information content (AvgIpc) is 3.15. The molecule has 0 N–H and O–H groups in total. The van der Waals surface area contributed by atoms with Crippen LogP contribution in [0.1, 0.15) is 155 Å². The van der Waals surface area contributed by atoms with Crippen LogP contribution in [-0.2, 0) is 32.7 Å². The van der Waals surface area contributed by atoms with Crippen LogP contribution < -0.4 is 4.89 Å². The summed E-state index contributed by atoms with van der Waals surface area (Å²) in [6.07, 6.45) is 46.5. The fourth-order valence-corrected chi connectivity index (χ4v) is 6.01. The van der Waals surface area contributed by atoms with E-state index in [1.165, 1.54) is 51.4 Å². The summed E-state index contributed by atoms with van der Waals surface area (Å²) >= 11 is 0. The van der Waals surface area contributed by atoms with Gasteiger partial charge in [0.1, 0.15) is 19.8 Å². The Morgan fingerprint density at radius 3 is 1.62 bits per heavy atom. The van der Waals surface area contributed by atoms with Gasteiger partial charge >= 0.3 is 11.9 Å². The molecule has 0 heterocycles. The molecular weight excluding hydrogens is 725 g/mol. The molecule has 0 aliphatic carbocycles. The van der Waals surface area contributed by atoms with E-state index in [1.54, 1.807) is 0 Å². The zero-order chi connectivity index (χ0) is 41.4. The van der Waals surface area contributed by atoms with E-state index in [2.05, 4.69) is 80.7 Å². The summed E-state index contributed by atoms with van der Waals surface area (Å²) in [4.78, 5) is 37.5. The number of carbonyl (C=O) groups excluding carboxylic acids is 2. The molecule has 10 heteroatoms. The molecule has 0 saturated carbocycles. The number of phosphoric acid groups is 1. The van der Waals surface area contributed by atoms with Crippen LogP contribution >= 0.6 is 7.82 Å². The minimum Gasteiger partial charge on any atom is -0.756 e. The van der Waals surface area contributed by atoms with Gasteiger partial charge in [-0.25, -0.2) is 0 Å². The highest BCUT2D eigenvalue weighted by Gasteiger charge is 2.21. The first-order chi connectivity index (χ1) is 27.0. The van der Waals surface area contributed by atoms with Gasteiger partial charge in [-0.1, -0.05) is 138 Å². The number of nitrogens with zero attached hydrogens (tertiary/aromatic N) is 1. The van der Waals surface area contributed by atoms with Crippen LogP contribution in [-0.4, -0.2) is 70.0 Å². The number of unbranched alkanes of at least 4 members (excludes halogenated alkanes) is 13. The number of phosphoric ester groups is 1. The van der Waals surface area contributed by atoms with Crippen molar-refractivity contribution in [2.45, 2.75) is 161 Å². The van der Waals surface area contributed by atoms with Crippen molar-refractivity contribution >= 4 is 19.8 Å². The molecule has 9 nitrogen and oxygen atoms in total. The van der Waals surface area contributed by atoms with Crippen LogP contribution in [0.25, 0.3) is 0 Å². The molecule has 0 aromatic heterocycles. The van der Waals surface area contributed by atoms with Gasteiger partial charge in [-0.15, -0.1) is 0 Å². The molecule has 0 saturated heterocycles. The lowest BCUT2D eigenvalue weighted by Crippen LogP contribution is -2.37. The third-order valence-corrected chi connectivity index (χ3v) is 9.69. The van der Waals surface area contributed by atoms with Gasteiger partial charge in [0, 0.05) is 12.8 Å². The van der Waals surface area contributed by atoms with E-state index in [1.807, 2.05) is 27.2 Å². The molecule has 0 spiro atoms. The summed E-state index contributed by atoms with van der Waals surface area (Å²) in [7, 11) is 1.11. The smallest absolute Gasteiger partial charge is 0.306 e. The van der Waals surface area contributed by atoms with Gasteiger partial charge in [0.15, 0.2) is 6.10 Å². The number of hydrogen-bond acceptors (Lipinski definition) is 8. The zero-order valence-electron chi connectivity index (χ0n) is 36.1. The van der Waals surface area contributed by atoms with Crippen molar-refractivity contribution in [2.24, 2.45) is 0 Å². The summed E-state index contributed by atoms with van der Waals surface area (Å²) < 4.78 is 33.8. The van der Waals surface area contributed by atoms with E-state index in [-0.39, 0.29) is 26.1 Å². The average molecular weight is 806 g/mol. The first kappa shape index (κ1) is 53.5. The molecule has 2 atom stereocenters. The van der Waals surface area contributed by atoms with Gasteiger partial charge in [-0.2, -0.15) is 0 Å². The van der Waals surface area contributed by atoms with Crippen molar-refractivity contribution in [3.8, 4) is 0 Å². The molecule has 322 valence electrons. The Labute approximate surface area is 342 Å². The molecule has 0 bridgehead atoms. The molecule has 0 radical (unpaired) electrons. The predicted octanol–water partition coefficient (Wildman–Crippen LogP) is 11.6. The second-order valence-electron chi connectivity index (χ2n) is 15.4. The summed E-state index contributed by atoms with van der Waals surface area (Å²) in [5, 5.41) is 0. The van der Waals surface area contributed by atoms with Crippen LogP contribution in [0.15, 0.2) is 72.9 Å². The summed E-state index contributed by atoms with van der Waals surface area (Å²) in [6, 6.07) is 0. The molecule has 0 aromatic carbocycles. The maximum atomic E-state index is 12.6. The third kappa shape index (κ3) is 41.1. The third-order valence-electron chi connectivity index (χ3n) is 8.73. The first-order valence-electron chi connectivity index (χ1n) is 21.7. The monoisotopic (exact) mass is 806 g/mol. The topological polar surface area (TPSA) is 111 Å². The summed E-state index contributed by atoms with van der Waals surface area (Å²) in [6.45, 7) is 4.07. The SMILES string of the molecule is CCCCC/C=C/C/C=C/C/C=C/C/C=C/CCCC(=O)O[C@H](COC(=O)CCCCCCC/C=C/C=C/CCCCCC)COP(=O)([O-])OCC[N+](C)(C)C. The van der Waals surface area contributed by atoms with Crippen molar-refractivity contribution in [2.75, 3.05) is 47.5 Å². The molecule has 0 aromatic rings. The lowest BCUT2D eigenvalue weighted by atomic mass is 10.1. The molecular formula is C46H80NO8P. The second kappa shape index (κ2) is 38.0. The van der Waals surface area contributed by atoms with Gasteiger partial charge in [-0.05, 0) is 77.0 Å². The van der Waals surface area contributed by atoms with Crippen LogP contribution in [0.2, 0.25) is 0 Å². The lowest BCUT2D eigenvalue weighted by Gasteiger charge is -2.28. The van der Waals surface area contributed by atoms with Crippen LogP contribution in [0.3, 0.4) is 0 Å². The zero-order valence-corrected chi connectivity index (χ0v) is 36.9. The molecule has 1 unspecified atom stereocenters. The molecule has 56 heavy (non-hydrogen) atoms. The van der Waals surface area contributed by atoms with Crippen molar-refractivity contribution in [3.05, 3.63) is 72.9 Å². The standard InChI is InChI=1S/C46H80NO8P/c1-6-8-10-12-14-16-18-20-22-23-25-27-29-31-33-35-37-39-46(49)55-44(43-54-56(50,51)53-41-40-47(3,4)5)42-52-45(48)38-36-34-32-30-28-26-24-21-19-17-15-13-11-9-7-2/h14,16-17,19-22,24-25,27,31,33,44H,6-13,15,18,23,26,28-30,32,34-43H2,1-5H3/b16-14+,19-17+,22-20+,24-21+,27-25+,33-31+/t44-/m1/s1. The number of rotatable bonds is 38. The van der Waals surface area contributed by atoms with Crippen LogP contribution in [0, 0.1) is 0 Å². The van der Waals surface area contributed by atoms with Gasteiger partial charge in [0.25, 0.3) is 7.82 Å². The number of ether oxygens (including phenoxy) is 2. The molecule has 0 aliphatic rings. The summed E-state index contributed by atoms with van der Waals surface area (Å²) in [5.74, 6) is -0.925. The Balaban J connectivity index is 4.52. The normalized spacial score (nSPS) is 14.3. The Hall–Kier alpha value is -2.55. The van der Waals surface area contributed by atoms with E-state index >= 15 is 0 Å². The number of hydrogen-bond donors (Lipinski definition) is 0. The minimum atomic E-state index is -4.65. The van der Waals surface area contributed by atoms with Gasteiger partial charge in [0.05, 0.1) is 27.7 Å². The lowest BCUT2D eigenvalue weighted by molar-refractivity contribution is -0.870. The minimum absolute atomic E-state index is 0.0471. The van der Waals surface area contributed by atoms with Crippen molar-refractivity contribution in [1.82, 2.24) is 0 Å². The maximum absolute atomic E-state index is 12.6. The van der Waals surface area contributed by atoms with Crippen molar-refractivity contribution in [1.29, 1.82) is 0 Å². The number of carbonyl (C=O) groups is 2.